The summed E-state index contributed by atoms with van der Waals surface area (Å²) in [6.45, 7) is 5.01. The van der Waals surface area contributed by atoms with Crippen LogP contribution in [-0.2, 0) is 16.1 Å². The number of aliphatic imine (C=N–C) groups is 1. The van der Waals surface area contributed by atoms with Crippen molar-refractivity contribution in [3.05, 3.63) is 47.2 Å². The predicted octanol–water partition coefficient (Wildman–Crippen LogP) is 2.17. The molecule has 2 aromatic rings. The normalized spacial score (nSPS) is 18.3. The highest BCUT2D eigenvalue weighted by Gasteiger charge is 2.30. The number of halogens is 1. The number of benzene rings is 1. The third-order valence-electron chi connectivity index (χ3n) is 5.86. The van der Waals surface area contributed by atoms with E-state index in [9.17, 15) is 4.79 Å². The minimum Gasteiger partial charge on any atom is -0.378 e. The number of hydrogen-bond acceptors (Lipinski definition) is 4. The number of ether oxygens (including phenoxy) is 1. The van der Waals surface area contributed by atoms with Gasteiger partial charge in [0.05, 0.1) is 25.1 Å². The fraction of sp³-hybridized carbons (Fsp3) is 0.500. The first kappa shape index (κ1) is 21.6. The van der Waals surface area contributed by atoms with Crippen LogP contribution in [-0.4, -0.2) is 77.9 Å². The maximum Gasteiger partial charge on any atom is 0.225 e. The lowest BCUT2D eigenvalue weighted by Gasteiger charge is -2.36. The number of aromatic nitrogens is 2. The maximum absolute atomic E-state index is 12.7. The Labute approximate surface area is 187 Å². The van der Waals surface area contributed by atoms with Crippen LogP contribution in [0.1, 0.15) is 18.4 Å². The van der Waals surface area contributed by atoms with Crippen LogP contribution >= 0.6 is 11.6 Å². The summed E-state index contributed by atoms with van der Waals surface area (Å²) in [7, 11) is 1.80. The molecule has 1 N–H and O–H groups in total. The lowest BCUT2D eigenvalue weighted by atomic mass is 9.95. The number of morpholine rings is 1. The Balaban J connectivity index is 1.27. The summed E-state index contributed by atoms with van der Waals surface area (Å²) >= 11 is 5.96. The number of nitrogens with zero attached hydrogens (tertiary/aromatic N) is 5. The van der Waals surface area contributed by atoms with Crippen molar-refractivity contribution in [3.63, 3.8) is 0 Å². The molecular formula is C22H29ClN6O2. The molecular weight excluding hydrogens is 416 g/mol. The number of carbonyl (C=O) groups excluding carboxylic acids is 1. The molecule has 2 fully saturated rings. The van der Waals surface area contributed by atoms with Crippen LogP contribution in [0.2, 0.25) is 5.02 Å². The van der Waals surface area contributed by atoms with Crippen LogP contribution in [0.15, 0.2) is 41.7 Å². The van der Waals surface area contributed by atoms with Gasteiger partial charge in [0.25, 0.3) is 0 Å². The van der Waals surface area contributed by atoms with Crippen molar-refractivity contribution in [2.24, 2.45) is 10.9 Å². The molecule has 1 aromatic heterocycles. The molecule has 1 amide bonds. The first-order valence-electron chi connectivity index (χ1n) is 10.8. The van der Waals surface area contributed by atoms with Crippen LogP contribution < -0.4 is 5.32 Å². The van der Waals surface area contributed by atoms with Gasteiger partial charge in [-0.25, -0.2) is 4.68 Å². The second kappa shape index (κ2) is 10.2. The first-order chi connectivity index (χ1) is 15.1. The molecule has 166 valence electrons. The Morgan fingerprint density at radius 2 is 1.87 bits per heavy atom. The number of carbonyl (C=O) groups is 1. The maximum atomic E-state index is 12.7. The largest absolute Gasteiger partial charge is 0.378 e. The average Bonchev–Trinajstić information content (AvgIpc) is 3.29. The summed E-state index contributed by atoms with van der Waals surface area (Å²) in [6, 6.07) is 7.58. The summed E-state index contributed by atoms with van der Waals surface area (Å²) < 4.78 is 7.19. The summed E-state index contributed by atoms with van der Waals surface area (Å²) in [5.74, 6) is 1.24. The average molecular weight is 445 g/mol. The van der Waals surface area contributed by atoms with Gasteiger partial charge < -0.3 is 19.9 Å². The zero-order valence-corrected chi connectivity index (χ0v) is 18.6. The third kappa shape index (κ3) is 5.37. The highest BCUT2D eigenvalue weighted by atomic mass is 35.5. The predicted molar refractivity (Wildman–Crippen MR) is 120 cm³/mol. The van der Waals surface area contributed by atoms with Crippen molar-refractivity contribution < 1.29 is 9.53 Å². The van der Waals surface area contributed by atoms with Gasteiger partial charge in [-0.05, 0) is 37.1 Å². The molecule has 2 aliphatic heterocycles. The molecule has 4 rings (SSSR count). The van der Waals surface area contributed by atoms with Crippen LogP contribution in [0.5, 0.6) is 0 Å². The summed E-state index contributed by atoms with van der Waals surface area (Å²) in [5.41, 5.74) is 2.03. The lowest BCUT2D eigenvalue weighted by molar-refractivity contribution is -0.140. The van der Waals surface area contributed by atoms with Gasteiger partial charge in [-0.15, -0.1) is 0 Å². The van der Waals surface area contributed by atoms with E-state index in [0.29, 0.717) is 37.9 Å². The van der Waals surface area contributed by atoms with Gasteiger partial charge >= 0.3 is 0 Å². The van der Waals surface area contributed by atoms with E-state index in [4.69, 9.17) is 16.3 Å². The van der Waals surface area contributed by atoms with E-state index < -0.39 is 0 Å². The van der Waals surface area contributed by atoms with E-state index in [0.717, 1.165) is 43.1 Å². The van der Waals surface area contributed by atoms with Crippen LogP contribution in [0.4, 0.5) is 0 Å². The second-order valence-electron chi connectivity index (χ2n) is 7.87. The summed E-state index contributed by atoms with van der Waals surface area (Å²) in [4.78, 5) is 21.4. The monoisotopic (exact) mass is 444 g/mol. The zero-order chi connectivity index (χ0) is 21.6. The topological polar surface area (TPSA) is 75.0 Å². The van der Waals surface area contributed by atoms with Crippen molar-refractivity contribution in [2.75, 3.05) is 46.4 Å². The Morgan fingerprint density at radius 3 is 2.55 bits per heavy atom. The third-order valence-corrected chi connectivity index (χ3v) is 6.11. The molecule has 0 spiro atoms. The fourth-order valence-corrected chi connectivity index (χ4v) is 4.21. The first-order valence-corrected chi connectivity index (χ1v) is 11.1. The Bertz CT molecular complexity index is 899. The minimum atomic E-state index is 0.102. The number of nitrogens with one attached hydrogen (secondary N) is 1. The molecule has 3 heterocycles. The second-order valence-corrected chi connectivity index (χ2v) is 8.31. The van der Waals surface area contributed by atoms with Crippen LogP contribution in [0, 0.1) is 5.92 Å². The van der Waals surface area contributed by atoms with Gasteiger partial charge in [0.2, 0.25) is 5.91 Å². The Morgan fingerprint density at radius 1 is 1.16 bits per heavy atom. The number of likely N-dealkylation sites (tertiary alicyclic amines) is 1. The molecule has 9 heteroatoms. The molecule has 0 saturated carbocycles. The van der Waals surface area contributed by atoms with E-state index in [1.165, 1.54) is 0 Å². The molecule has 0 radical (unpaired) electrons. The zero-order valence-electron chi connectivity index (χ0n) is 17.8. The molecule has 1 aromatic carbocycles. The molecule has 0 bridgehead atoms. The van der Waals surface area contributed by atoms with E-state index in [1.807, 2.05) is 46.2 Å². The van der Waals surface area contributed by atoms with Gasteiger partial charge in [-0.1, -0.05) is 11.6 Å². The molecule has 0 atom stereocenters. The quantitative estimate of drug-likeness (QED) is 0.578. The van der Waals surface area contributed by atoms with E-state index in [-0.39, 0.29) is 11.8 Å². The molecule has 8 nitrogen and oxygen atoms in total. The molecule has 0 unspecified atom stereocenters. The van der Waals surface area contributed by atoms with Crippen molar-refractivity contribution in [1.29, 1.82) is 0 Å². The number of hydrogen-bond donors (Lipinski definition) is 1. The molecule has 31 heavy (non-hydrogen) atoms. The van der Waals surface area contributed by atoms with Gasteiger partial charge in [0, 0.05) is 62.5 Å². The van der Waals surface area contributed by atoms with Gasteiger partial charge in [-0.3, -0.25) is 9.79 Å². The van der Waals surface area contributed by atoms with Crippen LogP contribution in [0.25, 0.3) is 5.69 Å². The van der Waals surface area contributed by atoms with Crippen molar-refractivity contribution in [2.45, 2.75) is 19.4 Å². The standard InChI is InChI=1S/C22H29ClN6O2/c1-24-22(25-14-17-15-26-29(16-17)20-4-2-19(23)3-5-20)28-8-6-18(7-9-28)21(30)27-10-12-31-13-11-27/h2-5,15-16,18H,6-14H2,1H3,(H,24,25). The SMILES string of the molecule is CN=C(NCc1cnn(-c2ccc(Cl)cc2)c1)N1CCC(C(=O)N2CCOCC2)CC1. The van der Waals surface area contributed by atoms with Crippen molar-refractivity contribution in [3.8, 4) is 5.69 Å². The van der Waals surface area contributed by atoms with Crippen molar-refractivity contribution in [1.82, 2.24) is 24.9 Å². The van der Waals surface area contributed by atoms with Crippen molar-refractivity contribution >= 4 is 23.5 Å². The summed E-state index contributed by atoms with van der Waals surface area (Å²) in [6.07, 6.45) is 5.55. The fourth-order valence-electron chi connectivity index (χ4n) is 4.08. The Kier molecular flexibility index (Phi) is 7.09. The van der Waals surface area contributed by atoms with E-state index in [1.54, 1.807) is 7.05 Å². The lowest BCUT2D eigenvalue weighted by Crippen LogP contribution is -2.49. The highest BCUT2D eigenvalue weighted by Crippen LogP contribution is 2.20. The van der Waals surface area contributed by atoms with Gasteiger partial charge in [-0.2, -0.15) is 5.10 Å². The van der Waals surface area contributed by atoms with Crippen LogP contribution in [0.3, 0.4) is 0 Å². The van der Waals surface area contributed by atoms with Gasteiger partial charge in [0.1, 0.15) is 0 Å². The Hall–Kier alpha value is -2.58. The van der Waals surface area contributed by atoms with E-state index in [2.05, 4.69) is 20.3 Å². The number of amides is 1. The smallest absolute Gasteiger partial charge is 0.225 e. The van der Waals surface area contributed by atoms with Gasteiger partial charge in [0.15, 0.2) is 5.96 Å². The van der Waals surface area contributed by atoms with E-state index >= 15 is 0 Å². The number of piperidine rings is 1. The highest BCUT2D eigenvalue weighted by molar-refractivity contribution is 6.30. The summed E-state index contributed by atoms with van der Waals surface area (Å²) in [5, 5.41) is 8.57. The molecule has 2 aliphatic rings. The number of rotatable bonds is 4. The molecule has 0 aliphatic carbocycles. The minimum absolute atomic E-state index is 0.102. The number of guanidine groups is 1. The molecule has 2 saturated heterocycles.